The normalized spacial score (nSPS) is 18.0. The molecule has 28 heavy (non-hydrogen) atoms. The first-order valence-electron chi connectivity index (χ1n) is 9.65. The smallest absolute Gasteiger partial charge is 0.410 e. The summed E-state index contributed by atoms with van der Waals surface area (Å²) in [4.78, 5) is 51.8. The van der Waals surface area contributed by atoms with Crippen molar-refractivity contribution in [3.05, 3.63) is 0 Å². The third-order valence-electron chi connectivity index (χ3n) is 4.42. The lowest BCUT2D eigenvalue weighted by atomic mass is 10.0. The van der Waals surface area contributed by atoms with Gasteiger partial charge < -0.3 is 20.7 Å². The van der Waals surface area contributed by atoms with Crippen LogP contribution in [0.5, 0.6) is 0 Å². The molecule has 1 heterocycles. The lowest BCUT2D eigenvalue weighted by Crippen LogP contribution is -2.55. The summed E-state index contributed by atoms with van der Waals surface area (Å²) in [5, 5.41) is 2.47. The van der Waals surface area contributed by atoms with Crippen molar-refractivity contribution in [3.8, 4) is 0 Å². The highest BCUT2D eigenvalue weighted by atomic mass is 16.6. The van der Waals surface area contributed by atoms with Crippen LogP contribution < -0.4 is 11.1 Å². The van der Waals surface area contributed by atoms with Crippen LogP contribution in [0.1, 0.15) is 53.9 Å². The Hall–Kier alpha value is -2.32. The standard InChI is InChI=1S/C19H34N4O5/c1-12(2)10-14(16(25)21-11-15(20)24)22(6)17(26)13-8-7-9-23(13)18(27)28-19(3,4)5/h12-14H,7-11H2,1-6H3,(H2,20,24)(H,21,25)/t13-,14-/m0/s1. The highest BCUT2D eigenvalue weighted by molar-refractivity contribution is 5.92. The van der Waals surface area contributed by atoms with Crippen molar-refractivity contribution in [1.29, 1.82) is 0 Å². The van der Waals surface area contributed by atoms with Gasteiger partial charge in [-0.1, -0.05) is 13.8 Å². The number of rotatable bonds is 7. The zero-order valence-corrected chi connectivity index (χ0v) is 17.8. The lowest BCUT2D eigenvalue weighted by Gasteiger charge is -2.34. The fraction of sp³-hybridized carbons (Fsp3) is 0.789. The van der Waals surface area contributed by atoms with Crippen LogP contribution in [0.4, 0.5) is 4.79 Å². The Bertz CT molecular complexity index is 600. The molecule has 3 N–H and O–H groups in total. The van der Waals surface area contributed by atoms with Gasteiger partial charge in [0.05, 0.1) is 6.54 Å². The van der Waals surface area contributed by atoms with Gasteiger partial charge in [0.25, 0.3) is 0 Å². The number of hydrogen-bond donors (Lipinski definition) is 2. The molecule has 0 aromatic heterocycles. The molecule has 1 rings (SSSR count). The maximum Gasteiger partial charge on any atom is 0.410 e. The molecule has 1 saturated heterocycles. The van der Waals surface area contributed by atoms with Gasteiger partial charge in [-0.2, -0.15) is 0 Å². The van der Waals surface area contributed by atoms with Crippen molar-refractivity contribution in [2.24, 2.45) is 11.7 Å². The minimum Gasteiger partial charge on any atom is -0.444 e. The van der Waals surface area contributed by atoms with Crippen molar-refractivity contribution < 1.29 is 23.9 Å². The van der Waals surface area contributed by atoms with Crippen molar-refractivity contribution in [1.82, 2.24) is 15.1 Å². The summed E-state index contributed by atoms with van der Waals surface area (Å²) in [6.45, 7) is 9.33. The van der Waals surface area contributed by atoms with Crippen molar-refractivity contribution in [3.63, 3.8) is 0 Å². The van der Waals surface area contributed by atoms with Crippen LogP contribution in [0.25, 0.3) is 0 Å². The van der Waals surface area contributed by atoms with E-state index >= 15 is 0 Å². The van der Waals surface area contributed by atoms with Crippen LogP contribution in [-0.4, -0.2) is 71.4 Å². The molecule has 160 valence electrons. The number of ether oxygens (including phenoxy) is 1. The van der Waals surface area contributed by atoms with E-state index in [1.54, 1.807) is 27.8 Å². The van der Waals surface area contributed by atoms with Gasteiger partial charge in [-0.3, -0.25) is 19.3 Å². The van der Waals surface area contributed by atoms with Gasteiger partial charge in [0.15, 0.2) is 0 Å². The fourth-order valence-electron chi connectivity index (χ4n) is 3.13. The summed E-state index contributed by atoms with van der Waals surface area (Å²) in [6.07, 6.45) is 1.09. The summed E-state index contributed by atoms with van der Waals surface area (Å²) >= 11 is 0. The molecular formula is C19H34N4O5. The largest absolute Gasteiger partial charge is 0.444 e. The molecule has 0 unspecified atom stereocenters. The molecule has 9 heteroatoms. The number of carbonyl (C=O) groups is 4. The molecule has 4 amide bonds. The predicted octanol–water partition coefficient (Wildman–Crippen LogP) is 0.861. The average Bonchev–Trinajstić information content (AvgIpc) is 3.04. The Morgan fingerprint density at radius 2 is 1.86 bits per heavy atom. The zero-order valence-electron chi connectivity index (χ0n) is 17.8. The van der Waals surface area contributed by atoms with Crippen molar-refractivity contribution in [2.75, 3.05) is 20.1 Å². The summed E-state index contributed by atoms with van der Waals surface area (Å²) in [6, 6.07) is -1.42. The molecule has 2 atom stereocenters. The predicted molar refractivity (Wildman–Crippen MR) is 104 cm³/mol. The second-order valence-electron chi connectivity index (χ2n) is 8.61. The Balaban J connectivity index is 2.93. The second kappa shape index (κ2) is 9.75. The first-order valence-corrected chi connectivity index (χ1v) is 9.65. The minimum absolute atomic E-state index is 0.144. The molecular weight excluding hydrogens is 364 g/mol. The van der Waals surface area contributed by atoms with E-state index in [2.05, 4.69) is 5.32 Å². The van der Waals surface area contributed by atoms with Gasteiger partial charge in [-0.15, -0.1) is 0 Å². The first kappa shape index (κ1) is 23.7. The van der Waals surface area contributed by atoms with Gasteiger partial charge in [0.1, 0.15) is 17.7 Å². The molecule has 0 saturated carbocycles. The van der Waals surface area contributed by atoms with Gasteiger partial charge in [-0.05, 0) is 46.0 Å². The number of amides is 4. The monoisotopic (exact) mass is 398 g/mol. The Morgan fingerprint density at radius 3 is 2.36 bits per heavy atom. The van der Waals surface area contributed by atoms with Gasteiger partial charge in [0, 0.05) is 13.6 Å². The highest BCUT2D eigenvalue weighted by Gasteiger charge is 2.40. The second-order valence-corrected chi connectivity index (χ2v) is 8.61. The van der Waals surface area contributed by atoms with Crippen molar-refractivity contribution in [2.45, 2.75) is 71.6 Å². The van der Waals surface area contributed by atoms with Gasteiger partial charge >= 0.3 is 6.09 Å². The third-order valence-corrected chi connectivity index (χ3v) is 4.42. The molecule has 0 aromatic rings. The summed E-state index contributed by atoms with van der Waals surface area (Å²) in [7, 11) is 1.55. The average molecular weight is 399 g/mol. The molecule has 0 bridgehead atoms. The van der Waals surface area contributed by atoms with E-state index in [0.717, 1.165) is 0 Å². The van der Waals surface area contributed by atoms with Crippen LogP contribution in [0.3, 0.4) is 0 Å². The third kappa shape index (κ3) is 7.01. The number of likely N-dealkylation sites (N-methyl/N-ethyl adjacent to an activating group) is 1. The highest BCUT2D eigenvalue weighted by Crippen LogP contribution is 2.23. The van der Waals surface area contributed by atoms with E-state index in [1.807, 2.05) is 13.8 Å². The number of carbonyl (C=O) groups excluding carboxylic acids is 4. The molecule has 1 fully saturated rings. The topological polar surface area (TPSA) is 122 Å². The van der Waals surface area contributed by atoms with Crippen LogP contribution in [0.2, 0.25) is 0 Å². The molecule has 0 spiro atoms. The zero-order chi connectivity index (χ0) is 21.6. The number of hydrogen-bond acceptors (Lipinski definition) is 5. The Kier molecular flexibility index (Phi) is 8.26. The summed E-state index contributed by atoms with van der Waals surface area (Å²) in [5.41, 5.74) is 4.43. The van der Waals surface area contributed by atoms with Crippen LogP contribution >= 0.6 is 0 Å². The van der Waals surface area contributed by atoms with E-state index in [1.165, 1.54) is 9.80 Å². The number of nitrogens with two attached hydrogens (primary N) is 1. The van der Waals surface area contributed by atoms with E-state index in [9.17, 15) is 19.2 Å². The number of likely N-dealkylation sites (tertiary alicyclic amines) is 1. The molecule has 0 aliphatic carbocycles. The maximum atomic E-state index is 13.1. The van der Waals surface area contributed by atoms with E-state index < -0.39 is 35.6 Å². The summed E-state index contributed by atoms with van der Waals surface area (Å²) in [5.74, 6) is -1.27. The molecule has 1 aliphatic heterocycles. The number of nitrogens with one attached hydrogen (secondary N) is 1. The number of nitrogens with zero attached hydrogens (tertiary/aromatic N) is 2. The Morgan fingerprint density at radius 1 is 1.25 bits per heavy atom. The Labute approximate surface area is 166 Å². The molecule has 0 aromatic carbocycles. The number of primary amides is 1. The van der Waals surface area contributed by atoms with Gasteiger partial charge in [0.2, 0.25) is 17.7 Å². The first-order chi connectivity index (χ1) is 12.8. The molecule has 0 radical (unpaired) electrons. The molecule has 9 nitrogen and oxygen atoms in total. The van der Waals surface area contributed by atoms with E-state index in [0.29, 0.717) is 25.8 Å². The van der Waals surface area contributed by atoms with Crippen molar-refractivity contribution >= 4 is 23.8 Å². The quantitative estimate of drug-likeness (QED) is 0.659. The van der Waals surface area contributed by atoms with E-state index in [-0.39, 0.29) is 18.4 Å². The minimum atomic E-state index is -0.757. The molecule has 1 aliphatic rings. The lowest BCUT2D eigenvalue weighted by molar-refractivity contribution is -0.143. The van der Waals surface area contributed by atoms with E-state index in [4.69, 9.17) is 10.5 Å². The van der Waals surface area contributed by atoms with Gasteiger partial charge in [-0.25, -0.2) is 4.79 Å². The maximum absolute atomic E-state index is 13.1. The SMILES string of the molecule is CC(C)C[C@@H](C(=O)NCC(N)=O)N(C)C(=O)[C@@H]1CCCN1C(=O)OC(C)(C)C. The van der Waals surface area contributed by atoms with Crippen LogP contribution in [0, 0.1) is 5.92 Å². The summed E-state index contributed by atoms with van der Waals surface area (Å²) < 4.78 is 5.40. The van der Waals surface area contributed by atoms with Crippen LogP contribution in [-0.2, 0) is 19.1 Å². The van der Waals surface area contributed by atoms with Crippen LogP contribution in [0.15, 0.2) is 0 Å². The fourth-order valence-corrected chi connectivity index (χ4v) is 3.13.